The van der Waals surface area contributed by atoms with Crippen molar-refractivity contribution in [2.75, 3.05) is 11.1 Å². The third-order valence-electron chi connectivity index (χ3n) is 3.19. The average molecular weight is 259 g/mol. The molecule has 2 aromatic heterocycles. The molecule has 0 bridgehead atoms. The van der Waals surface area contributed by atoms with Crippen molar-refractivity contribution in [1.29, 1.82) is 0 Å². The first-order valence-corrected chi connectivity index (χ1v) is 6.59. The van der Waals surface area contributed by atoms with Gasteiger partial charge in [0, 0.05) is 25.5 Å². The van der Waals surface area contributed by atoms with Gasteiger partial charge in [-0.15, -0.1) is 0 Å². The first-order chi connectivity index (χ1) is 9.13. The van der Waals surface area contributed by atoms with Gasteiger partial charge < -0.3 is 11.1 Å². The van der Waals surface area contributed by atoms with Gasteiger partial charge in [0.05, 0.1) is 11.4 Å². The highest BCUT2D eigenvalue weighted by Crippen LogP contribution is 2.23. The van der Waals surface area contributed by atoms with Crippen LogP contribution in [0.25, 0.3) is 0 Å². The normalized spacial score (nSPS) is 10.7. The highest BCUT2D eigenvalue weighted by molar-refractivity contribution is 5.64. The van der Waals surface area contributed by atoms with Crippen LogP contribution in [0.15, 0.2) is 18.5 Å². The summed E-state index contributed by atoms with van der Waals surface area (Å²) in [5.74, 6) is 0.913. The monoisotopic (exact) mass is 259 g/mol. The zero-order valence-electron chi connectivity index (χ0n) is 11.8. The Morgan fingerprint density at radius 1 is 1.37 bits per heavy atom. The molecule has 2 heterocycles. The lowest BCUT2D eigenvalue weighted by atomic mass is 10.1. The van der Waals surface area contributed by atoms with Crippen molar-refractivity contribution in [2.45, 2.75) is 40.3 Å². The Hall–Kier alpha value is -2.04. The van der Waals surface area contributed by atoms with Crippen LogP contribution >= 0.6 is 0 Å². The molecule has 0 radical (unpaired) electrons. The van der Waals surface area contributed by atoms with Crippen LogP contribution in [0.4, 0.5) is 11.5 Å². The third-order valence-corrected chi connectivity index (χ3v) is 3.19. The van der Waals surface area contributed by atoms with E-state index in [1.807, 2.05) is 30.1 Å². The molecule has 0 saturated heterocycles. The molecular weight excluding hydrogens is 238 g/mol. The minimum atomic E-state index is 0.730. The molecule has 0 aliphatic carbocycles. The quantitative estimate of drug-likeness (QED) is 0.865. The number of pyridine rings is 1. The number of nitrogen functional groups attached to an aromatic ring is 1. The number of aryl methyl sites for hydroxylation is 3. The van der Waals surface area contributed by atoms with Gasteiger partial charge in [0.2, 0.25) is 0 Å². The lowest BCUT2D eigenvalue weighted by molar-refractivity contribution is 0.602. The Morgan fingerprint density at radius 3 is 2.84 bits per heavy atom. The van der Waals surface area contributed by atoms with Gasteiger partial charge in [-0.1, -0.05) is 6.92 Å². The van der Waals surface area contributed by atoms with Crippen molar-refractivity contribution in [1.82, 2.24) is 14.8 Å². The number of hydrogen-bond acceptors (Lipinski definition) is 4. The van der Waals surface area contributed by atoms with E-state index in [1.165, 1.54) is 11.1 Å². The summed E-state index contributed by atoms with van der Waals surface area (Å²) in [7, 11) is 0. The molecule has 19 heavy (non-hydrogen) atoms. The molecule has 5 heteroatoms. The van der Waals surface area contributed by atoms with Gasteiger partial charge in [0.25, 0.3) is 0 Å². The summed E-state index contributed by atoms with van der Waals surface area (Å²) in [5, 5.41) is 7.84. The Bertz CT molecular complexity index is 559. The average Bonchev–Trinajstić information content (AvgIpc) is 2.65. The fourth-order valence-corrected chi connectivity index (χ4v) is 2.03. The number of rotatable bonds is 5. The van der Waals surface area contributed by atoms with Crippen molar-refractivity contribution >= 4 is 11.5 Å². The summed E-state index contributed by atoms with van der Waals surface area (Å²) in [6.07, 6.45) is 4.71. The van der Waals surface area contributed by atoms with E-state index in [0.29, 0.717) is 0 Å². The van der Waals surface area contributed by atoms with E-state index < -0.39 is 0 Å². The summed E-state index contributed by atoms with van der Waals surface area (Å²) < 4.78 is 1.95. The van der Waals surface area contributed by atoms with Crippen molar-refractivity contribution in [2.24, 2.45) is 0 Å². The number of nitrogens with zero attached hydrogens (tertiary/aromatic N) is 3. The van der Waals surface area contributed by atoms with Crippen LogP contribution in [-0.2, 0) is 13.1 Å². The molecule has 3 N–H and O–H groups in total. The van der Waals surface area contributed by atoms with Crippen molar-refractivity contribution in [3.8, 4) is 0 Å². The van der Waals surface area contributed by atoms with Crippen LogP contribution in [-0.4, -0.2) is 14.8 Å². The maximum atomic E-state index is 6.08. The highest BCUT2D eigenvalue weighted by Gasteiger charge is 2.11. The van der Waals surface area contributed by atoms with Crippen molar-refractivity contribution in [3.05, 3.63) is 35.3 Å². The summed E-state index contributed by atoms with van der Waals surface area (Å²) >= 11 is 0. The number of hydrogen-bond donors (Lipinski definition) is 2. The summed E-state index contributed by atoms with van der Waals surface area (Å²) in [5.41, 5.74) is 10.1. The molecule has 0 amide bonds. The molecular formula is C14H21N5. The fourth-order valence-electron chi connectivity index (χ4n) is 2.03. The predicted octanol–water partition coefficient (Wildman–Crippen LogP) is 2.50. The molecule has 0 aliphatic rings. The molecule has 0 saturated carbocycles. The second-order valence-corrected chi connectivity index (χ2v) is 4.73. The van der Waals surface area contributed by atoms with E-state index in [2.05, 4.69) is 29.2 Å². The van der Waals surface area contributed by atoms with Crippen LogP contribution in [0.1, 0.15) is 30.2 Å². The molecule has 5 nitrogen and oxygen atoms in total. The lowest BCUT2D eigenvalue weighted by Gasteiger charge is -2.11. The molecule has 102 valence electrons. The standard InChI is InChI=1S/C14H21N5/c1-4-7-19-14(13(15)11(3)18-19)17-9-12-5-6-16-8-10(12)2/h5-6,8,17H,4,7,9,15H2,1-3H3. The van der Waals surface area contributed by atoms with Crippen molar-refractivity contribution in [3.63, 3.8) is 0 Å². The maximum absolute atomic E-state index is 6.08. The second kappa shape index (κ2) is 5.73. The number of nitrogens with two attached hydrogens (primary N) is 1. The second-order valence-electron chi connectivity index (χ2n) is 4.73. The van der Waals surface area contributed by atoms with Crippen LogP contribution in [0.5, 0.6) is 0 Å². The topological polar surface area (TPSA) is 68.8 Å². The summed E-state index contributed by atoms with van der Waals surface area (Å²) in [6, 6.07) is 2.02. The number of aromatic nitrogens is 3. The van der Waals surface area contributed by atoms with E-state index in [9.17, 15) is 0 Å². The van der Waals surface area contributed by atoms with E-state index in [-0.39, 0.29) is 0 Å². The maximum Gasteiger partial charge on any atom is 0.148 e. The van der Waals surface area contributed by atoms with Gasteiger partial charge >= 0.3 is 0 Å². The largest absolute Gasteiger partial charge is 0.394 e. The zero-order chi connectivity index (χ0) is 13.8. The van der Waals surface area contributed by atoms with Crippen LogP contribution in [0, 0.1) is 13.8 Å². The molecule has 2 rings (SSSR count). The van der Waals surface area contributed by atoms with Gasteiger partial charge in [-0.05, 0) is 37.5 Å². The van der Waals surface area contributed by atoms with E-state index in [1.54, 1.807) is 0 Å². The Kier molecular flexibility index (Phi) is 4.04. The molecule has 0 fully saturated rings. The highest BCUT2D eigenvalue weighted by atomic mass is 15.3. The molecule has 0 unspecified atom stereocenters. The minimum Gasteiger partial charge on any atom is -0.394 e. The minimum absolute atomic E-state index is 0.730. The molecule has 0 aromatic carbocycles. The smallest absolute Gasteiger partial charge is 0.148 e. The fraction of sp³-hybridized carbons (Fsp3) is 0.429. The Morgan fingerprint density at radius 2 is 2.16 bits per heavy atom. The summed E-state index contributed by atoms with van der Waals surface area (Å²) in [4.78, 5) is 4.10. The molecule has 2 aromatic rings. The lowest BCUT2D eigenvalue weighted by Crippen LogP contribution is -2.10. The first-order valence-electron chi connectivity index (χ1n) is 6.59. The number of anilines is 2. The van der Waals surface area contributed by atoms with Gasteiger partial charge in [0.1, 0.15) is 5.82 Å². The van der Waals surface area contributed by atoms with Gasteiger partial charge in [-0.3, -0.25) is 4.98 Å². The van der Waals surface area contributed by atoms with Crippen molar-refractivity contribution < 1.29 is 0 Å². The van der Waals surface area contributed by atoms with Gasteiger partial charge in [0.15, 0.2) is 0 Å². The van der Waals surface area contributed by atoms with E-state index >= 15 is 0 Å². The Labute approximate surface area is 113 Å². The SMILES string of the molecule is CCCn1nc(C)c(N)c1NCc1ccncc1C. The first kappa shape index (κ1) is 13.4. The van der Waals surface area contributed by atoms with E-state index in [0.717, 1.165) is 36.7 Å². The third kappa shape index (κ3) is 2.86. The van der Waals surface area contributed by atoms with Gasteiger partial charge in [-0.2, -0.15) is 5.10 Å². The predicted molar refractivity (Wildman–Crippen MR) is 78.0 cm³/mol. The zero-order valence-corrected chi connectivity index (χ0v) is 11.8. The molecule has 0 spiro atoms. The number of nitrogens with one attached hydrogen (secondary N) is 1. The molecule has 0 aliphatic heterocycles. The van der Waals surface area contributed by atoms with E-state index in [4.69, 9.17) is 5.73 Å². The van der Waals surface area contributed by atoms with Gasteiger partial charge in [-0.25, -0.2) is 4.68 Å². The molecule has 0 atom stereocenters. The van der Waals surface area contributed by atoms with Crippen LogP contribution in [0.3, 0.4) is 0 Å². The van der Waals surface area contributed by atoms with Crippen LogP contribution < -0.4 is 11.1 Å². The Balaban J connectivity index is 2.17. The summed E-state index contributed by atoms with van der Waals surface area (Å²) in [6.45, 7) is 7.72. The van der Waals surface area contributed by atoms with Crippen LogP contribution in [0.2, 0.25) is 0 Å².